The minimum atomic E-state index is 0.134. The summed E-state index contributed by atoms with van der Waals surface area (Å²) in [7, 11) is 0. The third-order valence-electron chi connectivity index (χ3n) is 4.25. The van der Waals surface area contributed by atoms with E-state index in [1.54, 1.807) is 23.1 Å². The Balaban J connectivity index is 1.91. The Morgan fingerprint density at radius 2 is 2.09 bits per heavy atom. The summed E-state index contributed by atoms with van der Waals surface area (Å²) in [4.78, 5) is 20.3. The highest BCUT2D eigenvalue weighted by molar-refractivity contribution is 7.99. The average molecular weight is 342 g/mol. The number of aromatic nitrogens is 2. The first-order chi connectivity index (χ1) is 11.3. The van der Waals surface area contributed by atoms with Gasteiger partial charge in [0.05, 0.1) is 11.9 Å². The number of thioether (sulfide) groups is 1. The number of benzene rings is 1. The second kappa shape index (κ2) is 6.13. The van der Waals surface area contributed by atoms with Crippen LogP contribution in [0.25, 0.3) is 10.2 Å². The van der Waals surface area contributed by atoms with Gasteiger partial charge in [0, 0.05) is 4.88 Å². The molecule has 0 N–H and O–H groups in total. The topological polar surface area (TPSA) is 34.9 Å². The van der Waals surface area contributed by atoms with Crippen LogP contribution in [0.15, 0.2) is 40.3 Å². The highest BCUT2D eigenvalue weighted by Gasteiger charge is 2.23. The van der Waals surface area contributed by atoms with Crippen molar-refractivity contribution in [3.8, 4) is 0 Å². The number of hydrogen-bond donors (Lipinski definition) is 0. The molecule has 0 amide bonds. The normalized spacial score (nSPS) is 13.6. The average Bonchev–Trinajstić information content (AvgIpc) is 3.13. The number of thiophene rings is 1. The molecular formula is C18H18N2OS2. The zero-order valence-corrected chi connectivity index (χ0v) is 14.7. The zero-order chi connectivity index (χ0) is 15.8. The standard InChI is InChI=1S/C18H18N2OS2/c1-2-22-18-19-16-15(13-9-6-10-14(13)23-16)17(21)20(18)11-12-7-4-3-5-8-12/h3-5,7-8H,2,6,9-11H2,1H3. The van der Waals surface area contributed by atoms with Crippen molar-refractivity contribution in [1.82, 2.24) is 9.55 Å². The summed E-state index contributed by atoms with van der Waals surface area (Å²) in [6, 6.07) is 10.2. The van der Waals surface area contributed by atoms with E-state index in [2.05, 4.69) is 19.1 Å². The summed E-state index contributed by atoms with van der Waals surface area (Å²) in [5, 5.41) is 1.72. The Bertz CT molecular complexity index is 912. The van der Waals surface area contributed by atoms with Crippen LogP contribution in [0.5, 0.6) is 0 Å². The number of hydrogen-bond acceptors (Lipinski definition) is 4. The molecule has 0 atom stereocenters. The maximum absolute atomic E-state index is 13.2. The fraction of sp³-hybridized carbons (Fsp3) is 0.333. The molecule has 118 valence electrons. The zero-order valence-electron chi connectivity index (χ0n) is 13.0. The Morgan fingerprint density at radius 1 is 1.26 bits per heavy atom. The lowest BCUT2D eigenvalue weighted by Crippen LogP contribution is -2.24. The van der Waals surface area contributed by atoms with Gasteiger partial charge in [0.2, 0.25) is 0 Å². The first kappa shape index (κ1) is 15.0. The van der Waals surface area contributed by atoms with Crippen molar-refractivity contribution in [2.24, 2.45) is 0 Å². The van der Waals surface area contributed by atoms with E-state index in [9.17, 15) is 4.79 Å². The molecule has 0 saturated carbocycles. The first-order valence-corrected chi connectivity index (χ1v) is 9.80. The lowest BCUT2D eigenvalue weighted by molar-refractivity contribution is 0.659. The van der Waals surface area contributed by atoms with Gasteiger partial charge in [-0.3, -0.25) is 9.36 Å². The van der Waals surface area contributed by atoms with Crippen LogP contribution >= 0.6 is 23.1 Å². The second-order valence-corrected chi connectivity index (χ2v) is 8.06. The monoisotopic (exact) mass is 342 g/mol. The lowest BCUT2D eigenvalue weighted by Gasteiger charge is -2.12. The molecule has 0 spiro atoms. The summed E-state index contributed by atoms with van der Waals surface area (Å²) in [5.41, 5.74) is 2.53. The summed E-state index contributed by atoms with van der Waals surface area (Å²) in [5.74, 6) is 0.915. The maximum Gasteiger partial charge on any atom is 0.263 e. The molecule has 0 unspecified atom stereocenters. The molecule has 0 saturated heterocycles. The van der Waals surface area contributed by atoms with E-state index in [0.717, 1.165) is 39.5 Å². The fourth-order valence-electron chi connectivity index (χ4n) is 3.20. The van der Waals surface area contributed by atoms with Crippen molar-refractivity contribution in [3.05, 3.63) is 56.7 Å². The van der Waals surface area contributed by atoms with E-state index in [1.807, 2.05) is 22.8 Å². The molecule has 1 aliphatic carbocycles. The number of aryl methyl sites for hydroxylation is 2. The summed E-state index contributed by atoms with van der Waals surface area (Å²) >= 11 is 3.37. The third kappa shape index (κ3) is 2.62. The van der Waals surface area contributed by atoms with E-state index in [4.69, 9.17) is 4.98 Å². The van der Waals surface area contributed by atoms with Gasteiger partial charge in [0.15, 0.2) is 5.16 Å². The van der Waals surface area contributed by atoms with Gasteiger partial charge in [0.25, 0.3) is 5.56 Å². The molecule has 1 aliphatic rings. The fourth-order valence-corrected chi connectivity index (χ4v) is 5.23. The van der Waals surface area contributed by atoms with Gasteiger partial charge in [-0.05, 0) is 36.1 Å². The molecule has 0 aliphatic heterocycles. The van der Waals surface area contributed by atoms with Crippen LogP contribution in [0.3, 0.4) is 0 Å². The number of rotatable bonds is 4. The molecule has 3 nitrogen and oxygen atoms in total. The largest absolute Gasteiger partial charge is 0.283 e. The minimum Gasteiger partial charge on any atom is -0.283 e. The van der Waals surface area contributed by atoms with Crippen molar-refractivity contribution in [2.45, 2.75) is 37.9 Å². The molecule has 3 aromatic rings. The molecule has 2 aromatic heterocycles. The lowest BCUT2D eigenvalue weighted by atomic mass is 10.2. The van der Waals surface area contributed by atoms with Gasteiger partial charge in [-0.25, -0.2) is 4.98 Å². The van der Waals surface area contributed by atoms with E-state index < -0.39 is 0 Å². The molecular weight excluding hydrogens is 324 g/mol. The molecule has 0 radical (unpaired) electrons. The van der Waals surface area contributed by atoms with Crippen LogP contribution in [0.2, 0.25) is 0 Å². The molecule has 0 fully saturated rings. The van der Waals surface area contributed by atoms with Crippen LogP contribution < -0.4 is 5.56 Å². The quantitative estimate of drug-likeness (QED) is 0.529. The Hall–Kier alpha value is -1.59. The highest BCUT2D eigenvalue weighted by Crippen LogP contribution is 2.35. The smallest absolute Gasteiger partial charge is 0.263 e. The van der Waals surface area contributed by atoms with Gasteiger partial charge in [-0.15, -0.1) is 11.3 Å². The predicted octanol–water partition coefficient (Wildman–Crippen LogP) is 4.11. The first-order valence-electron chi connectivity index (χ1n) is 7.99. The van der Waals surface area contributed by atoms with Crippen LogP contribution in [-0.2, 0) is 19.4 Å². The van der Waals surface area contributed by atoms with Gasteiger partial charge in [-0.2, -0.15) is 0 Å². The van der Waals surface area contributed by atoms with Crippen LogP contribution in [0.4, 0.5) is 0 Å². The predicted molar refractivity (Wildman–Crippen MR) is 97.8 cm³/mol. The summed E-state index contributed by atoms with van der Waals surface area (Å²) < 4.78 is 1.86. The van der Waals surface area contributed by atoms with E-state index in [1.165, 1.54) is 16.9 Å². The SMILES string of the molecule is CCSc1nc2sc3c(c2c(=O)n1Cc1ccccc1)CCC3. The molecule has 23 heavy (non-hydrogen) atoms. The molecule has 4 rings (SSSR count). The summed E-state index contributed by atoms with van der Waals surface area (Å²) in [6.45, 7) is 2.69. The van der Waals surface area contributed by atoms with Crippen LogP contribution in [-0.4, -0.2) is 15.3 Å². The van der Waals surface area contributed by atoms with E-state index in [0.29, 0.717) is 6.54 Å². The van der Waals surface area contributed by atoms with Crippen molar-refractivity contribution in [3.63, 3.8) is 0 Å². The number of nitrogens with zero attached hydrogens (tertiary/aromatic N) is 2. The van der Waals surface area contributed by atoms with Gasteiger partial charge < -0.3 is 0 Å². The molecule has 1 aromatic carbocycles. The summed E-state index contributed by atoms with van der Waals surface area (Å²) in [6.07, 6.45) is 3.29. The van der Waals surface area contributed by atoms with Crippen LogP contribution in [0.1, 0.15) is 29.3 Å². The van der Waals surface area contributed by atoms with Crippen molar-refractivity contribution >= 4 is 33.3 Å². The van der Waals surface area contributed by atoms with E-state index in [-0.39, 0.29) is 5.56 Å². The third-order valence-corrected chi connectivity index (χ3v) is 6.29. The second-order valence-electron chi connectivity index (χ2n) is 5.74. The highest BCUT2D eigenvalue weighted by atomic mass is 32.2. The van der Waals surface area contributed by atoms with E-state index >= 15 is 0 Å². The van der Waals surface area contributed by atoms with Crippen molar-refractivity contribution < 1.29 is 0 Å². The molecule has 2 heterocycles. The van der Waals surface area contributed by atoms with Gasteiger partial charge in [-0.1, -0.05) is 49.0 Å². The van der Waals surface area contributed by atoms with Crippen molar-refractivity contribution in [1.29, 1.82) is 0 Å². The molecule has 5 heteroatoms. The number of fused-ring (bicyclic) bond motifs is 3. The van der Waals surface area contributed by atoms with Gasteiger partial charge >= 0.3 is 0 Å². The Labute approximate surface area is 143 Å². The Morgan fingerprint density at radius 3 is 2.87 bits per heavy atom. The minimum absolute atomic E-state index is 0.134. The molecule has 0 bridgehead atoms. The Kier molecular flexibility index (Phi) is 3.99. The van der Waals surface area contributed by atoms with Crippen molar-refractivity contribution in [2.75, 3.05) is 5.75 Å². The maximum atomic E-state index is 13.2. The van der Waals surface area contributed by atoms with Crippen LogP contribution in [0, 0.1) is 0 Å². The van der Waals surface area contributed by atoms with Gasteiger partial charge in [0.1, 0.15) is 4.83 Å².